The van der Waals surface area contributed by atoms with Crippen LogP contribution in [0.4, 0.5) is 4.79 Å². The zero-order valence-corrected chi connectivity index (χ0v) is 12.2. The minimum absolute atomic E-state index is 0.291. The zero-order valence-electron chi connectivity index (χ0n) is 12.2. The van der Waals surface area contributed by atoms with E-state index in [1.54, 1.807) is 23.5 Å². The lowest BCUT2D eigenvalue weighted by Gasteiger charge is -2.27. The first-order valence-electron chi connectivity index (χ1n) is 6.94. The van der Waals surface area contributed by atoms with Crippen LogP contribution in [0.2, 0.25) is 0 Å². The second kappa shape index (κ2) is 5.20. The molecule has 0 aromatic rings. The number of nitrogens with zero attached hydrogens (tertiary/aromatic N) is 3. The molecule has 3 heterocycles. The highest BCUT2D eigenvalue weighted by Gasteiger charge is 2.28. The van der Waals surface area contributed by atoms with Crippen molar-refractivity contribution in [2.75, 3.05) is 13.1 Å². The van der Waals surface area contributed by atoms with E-state index >= 15 is 0 Å². The summed E-state index contributed by atoms with van der Waals surface area (Å²) in [5.41, 5.74) is 1.28. The number of H-pyrrole nitrogens is 1. The highest BCUT2D eigenvalue weighted by Crippen LogP contribution is 2.21. The van der Waals surface area contributed by atoms with Gasteiger partial charge in [-0.05, 0) is 13.8 Å². The number of hydrogen-bond acceptors (Lipinski definition) is 4. The van der Waals surface area contributed by atoms with Crippen molar-refractivity contribution in [1.82, 2.24) is 19.9 Å². The maximum Gasteiger partial charge on any atom is 0.410 e. The third-order valence-corrected chi connectivity index (χ3v) is 3.40. The Morgan fingerprint density at radius 1 is 1.33 bits per heavy atom. The van der Waals surface area contributed by atoms with Gasteiger partial charge in [-0.1, -0.05) is 12.2 Å². The van der Waals surface area contributed by atoms with E-state index in [0.717, 1.165) is 17.1 Å². The Hall–Kier alpha value is -2.37. The molecule has 0 bridgehead atoms. The van der Waals surface area contributed by atoms with Gasteiger partial charge < -0.3 is 14.6 Å². The Bertz CT molecular complexity index is 639. The van der Waals surface area contributed by atoms with Gasteiger partial charge in [-0.2, -0.15) is 0 Å². The molecule has 0 spiro atoms. The molecule has 3 aliphatic heterocycles. The van der Waals surface area contributed by atoms with Crippen LogP contribution < -0.4 is 0 Å². The summed E-state index contributed by atoms with van der Waals surface area (Å²) in [6.07, 6.45) is 9.43. The number of rotatable bonds is 3. The SMILES string of the molecule is CC(C)(Cc1ncc2cncc-2[nH]1)OC(=O)N1CC=CC1. The molecule has 1 amide bonds. The van der Waals surface area contributed by atoms with E-state index in [-0.39, 0.29) is 6.09 Å². The molecule has 3 aliphatic rings. The van der Waals surface area contributed by atoms with Gasteiger partial charge >= 0.3 is 6.09 Å². The van der Waals surface area contributed by atoms with Gasteiger partial charge in [-0.15, -0.1) is 0 Å². The summed E-state index contributed by atoms with van der Waals surface area (Å²) in [6.45, 7) is 5.00. The number of ether oxygens (including phenoxy) is 1. The molecule has 6 nitrogen and oxygen atoms in total. The first-order chi connectivity index (χ1) is 10.0. The monoisotopic (exact) mass is 286 g/mol. The van der Waals surface area contributed by atoms with Crippen LogP contribution >= 0.6 is 0 Å². The second-order valence-electron chi connectivity index (χ2n) is 5.79. The summed E-state index contributed by atoms with van der Waals surface area (Å²) in [7, 11) is 0. The minimum atomic E-state index is -0.628. The molecule has 0 aromatic carbocycles. The van der Waals surface area contributed by atoms with E-state index in [1.165, 1.54) is 0 Å². The average molecular weight is 286 g/mol. The molecule has 0 unspecified atom stereocenters. The zero-order chi connectivity index (χ0) is 14.9. The highest BCUT2D eigenvalue weighted by atomic mass is 16.6. The van der Waals surface area contributed by atoms with E-state index in [9.17, 15) is 4.79 Å². The van der Waals surface area contributed by atoms with E-state index in [0.29, 0.717) is 19.5 Å². The normalized spacial score (nSPS) is 14.9. The first-order valence-corrected chi connectivity index (χ1v) is 6.94. The Morgan fingerprint density at radius 3 is 2.86 bits per heavy atom. The van der Waals surface area contributed by atoms with Crippen LogP contribution in [-0.4, -0.2) is 44.6 Å². The number of hydrogen-bond donors (Lipinski definition) is 1. The van der Waals surface area contributed by atoms with Crippen molar-refractivity contribution in [3.05, 3.63) is 36.6 Å². The average Bonchev–Trinajstić information content (AvgIpc) is 3.08. The molecular formula is C15H18N4O2. The highest BCUT2D eigenvalue weighted by molar-refractivity contribution is 5.69. The standard InChI is InChI=1S/C15H18N4O2/c1-15(2,21-14(20)19-5-3-4-6-19)7-13-17-9-11-8-16-10-12(11)18-13/h3-4,8-10H,5-7H2,1-2H3,(H,17,18). The molecular weight excluding hydrogens is 268 g/mol. The van der Waals surface area contributed by atoms with Crippen LogP contribution in [0.25, 0.3) is 11.3 Å². The van der Waals surface area contributed by atoms with E-state index in [1.807, 2.05) is 26.0 Å². The summed E-state index contributed by atoms with van der Waals surface area (Å²) < 4.78 is 5.59. The molecule has 1 N–H and O–H groups in total. The van der Waals surface area contributed by atoms with Crippen LogP contribution in [0.3, 0.4) is 0 Å². The van der Waals surface area contributed by atoms with Crippen LogP contribution in [0.1, 0.15) is 19.7 Å². The van der Waals surface area contributed by atoms with Crippen LogP contribution in [0.5, 0.6) is 0 Å². The van der Waals surface area contributed by atoms with Gasteiger partial charge in [0, 0.05) is 37.5 Å². The van der Waals surface area contributed by atoms with E-state index in [2.05, 4.69) is 15.0 Å². The number of aromatic amines is 1. The molecule has 3 rings (SSSR count). The largest absolute Gasteiger partial charge is 0.443 e. The summed E-state index contributed by atoms with van der Waals surface area (Å²) in [5, 5.41) is 0. The van der Waals surface area contributed by atoms with Crippen LogP contribution in [-0.2, 0) is 11.2 Å². The molecule has 0 saturated carbocycles. The molecule has 0 radical (unpaired) electrons. The molecule has 0 fully saturated rings. The summed E-state index contributed by atoms with van der Waals surface area (Å²) in [5.74, 6) is 0.771. The minimum Gasteiger partial charge on any atom is -0.443 e. The number of nitrogens with one attached hydrogen (secondary N) is 1. The number of carbonyl (C=O) groups is 1. The summed E-state index contributed by atoms with van der Waals surface area (Å²) in [4.78, 5) is 25.3. The smallest absolute Gasteiger partial charge is 0.410 e. The Morgan fingerprint density at radius 2 is 2.10 bits per heavy atom. The van der Waals surface area contributed by atoms with Gasteiger partial charge in [0.05, 0.1) is 11.9 Å². The van der Waals surface area contributed by atoms with Crippen molar-refractivity contribution in [3.8, 4) is 11.3 Å². The van der Waals surface area contributed by atoms with E-state index < -0.39 is 5.60 Å². The lowest BCUT2D eigenvalue weighted by molar-refractivity contribution is 0.0176. The van der Waals surface area contributed by atoms with Gasteiger partial charge in [-0.3, -0.25) is 4.98 Å². The molecule has 0 atom stereocenters. The lowest BCUT2D eigenvalue weighted by Crippen LogP contribution is -2.38. The maximum atomic E-state index is 12.0. The summed E-state index contributed by atoms with van der Waals surface area (Å²) in [6, 6.07) is 0. The van der Waals surface area contributed by atoms with Crippen molar-refractivity contribution in [2.45, 2.75) is 25.9 Å². The lowest BCUT2D eigenvalue weighted by atomic mass is 10.0. The van der Waals surface area contributed by atoms with Crippen molar-refractivity contribution in [3.63, 3.8) is 0 Å². The second-order valence-corrected chi connectivity index (χ2v) is 5.79. The van der Waals surface area contributed by atoms with Crippen LogP contribution in [0.15, 0.2) is 30.7 Å². The fourth-order valence-electron chi connectivity index (χ4n) is 2.34. The molecule has 21 heavy (non-hydrogen) atoms. The van der Waals surface area contributed by atoms with Crippen molar-refractivity contribution in [2.24, 2.45) is 0 Å². The van der Waals surface area contributed by atoms with Gasteiger partial charge in [0.1, 0.15) is 11.4 Å². The molecule has 110 valence electrons. The predicted octanol–water partition coefficient (Wildman–Crippen LogP) is 2.24. The van der Waals surface area contributed by atoms with Gasteiger partial charge in [0.2, 0.25) is 0 Å². The van der Waals surface area contributed by atoms with Gasteiger partial charge in [0.15, 0.2) is 0 Å². The number of carbonyl (C=O) groups excluding carboxylic acids is 1. The van der Waals surface area contributed by atoms with Gasteiger partial charge in [0.25, 0.3) is 0 Å². The fraction of sp³-hybridized carbons (Fsp3) is 0.400. The van der Waals surface area contributed by atoms with Crippen molar-refractivity contribution >= 4 is 6.09 Å². The van der Waals surface area contributed by atoms with E-state index in [4.69, 9.17) is 4.74 Å². The Kier molecular flexibility index (Phi) is 3.37. The predicted molar refractivity (Wildman–Crippen MR) is 78.0 cm³/mol. The molecule has 0 saturated heterocycles. The topological polar surface area (TPSA) is 71.1 Å². The first kappa shape index (κ1) is 13.6. The molecule has 0 aliphatic carbocycles. The maximum absolute atomic E-state index is 12.0. The Labute approximate surface area is 123 Å². The van der Waals surface area contributed by atoms with Crippen molar-refractivity contribution in [1.29, 1.82) is 0 Å². The van der Waals surface area contributed by atoms with Crippen LogP contribution in [0, 0.1) is 0 Å². The number of aromatic nitrogens is 3. The third-order valence-electron chi connectivity index (χ3n) is 3.40. The molecule has 0 aromatic heterocycles. The number of fused-ring (bicyclic) bond motifs is 1. The van der Waals surface area contributed by atoms with Gasteiger partial charge in [-0.25, -0.2) is 9.78 Å². The molecule has 6 heteroatoms. The quantitative estimate of drug-likeness (QED) is 0.878. The summed E-state index contributed by atoms with van der Waals surface area (Å²) >= 11 is 0. The third kappa shape index (κ3) is 3.04. The van der Waals surface area contributed by atoms with Crippen molar-refractivity contribution < 1.29 is 9.53 Å². The number of amides is 1. The Balaban J connectivity index is 1.67. The fourth-order valence-corrected chi connectivity index (χ4v) is 2.34.